The fraction of sp³-hybridized carbons (Fsp3) is 0.929. The first kappa shape index (κ1) is 15.4. The number of ether oxygens (including phenoxy) is 1. The molecule has 0 aliphatic carbocycles. The Kier molecular flexibility index (Phi) is 8.01. The average molecular weight is 256 g/mol. The average Bonchev–Trinajstić information content (AvgIpc) is 2.41. The molecule has 1 aliphatic heterocycles. The highest BCUT2D eigenvalue weighted by atomic mass is 16.5. The Bertz CT molecular complexity index is 224. The third-order valence-electron chi connectivity index (χ3n) is 3.62. The van der Waals surface area contributed by atoms with Gasteiger partial charge in [-0.25, -0.2) is 0 Å². The van der Waals surface area contributed by atoms with E-state index in [1.807, 2.05) is 0 Å². The van der Waals surface area contributed by atoms with Crippen molar-refractivity contribution in [2.24, 2.45) is 5.92 Å². The second-order valence-corrected chi connectivity index (χ2v) is 4.98. The number of hydrogen-bond donors (Lipinski definition) is 2. The van der Waals surface area contributed by atoms with Gasteiger partial charge in [0, 0.05) is 19.1 Å². The van der Waals surface area contributed by atoms with Gasteiger partial charge >= 0.3 is 0 Å². The largest absolute Gasteiger partial charge is 0.378 e. The predicted octanol–water partition coefficient (Wildman–Crippen LogP) is 1.70. The molecule has 1 rings (SSSR count). The van der Waals surface area contributed by atoms with Crippen LogP contribution in [0.5, 0.6) is 0 Å². The Balaban J connectivity index is 1.99. The predicted molar refractivity (Wildman–Crippen MR) is 73.5 cm³/mol. The molecule has 0 bridgehead atoms. The summed E-state index contributed by atoms with van der Waals surface area (Å²) >= 11 is 0. The van der Waals surface area contributed by atoms with Crippen LogP contribution in [0.15, 0.2) is 0 Å². The molecule has 1 fully saturated rings. The van der Waals surface area contributed by atoms with Crippen molar-refractivity contribution < 1.29 is 9.53 Å². The SMILES string of the molecule is CCC(CC)C(=O)NCCCOC1CCNCC1. The Hall–Kier alpha value is -0.610. The van der Waals surface area contributed by atoms with E-state index in [4.69, 9.17) is 4.74 Å². The summed E-state index contributed by atoms with van der Waals surface area (Å²) in [6.45, 7) is 7.75. The zero-order chi connectivity index (χ0) is 13.2. The highest BCUT2D eigenvalue weighted by molar-refractivity contribution is 5.78. The van der Waals surface area contributed by atoms with Crippen LogP contribution >= 0.6 is 0 Å². The lowest BCUT2D eigenvalue weighted by atomic mass is 10.0. The van der Waals surface area contributed by atoms with Crippen LogP contribution in [-0.4, -0.2) is 38.3 Å². The van der Waals surface area contributed by atoms with Gasteiger partial charge in [-0.1, -0.05) is 13.8 Å². The first-order valence-corrected chi connectivity index (χ1v) is 7.38. The molecule has 0 aromatic heterocycles. The van der Waals surface area contributed by atoms with Gasteiger partial charge in [-0.2, -0.15) is 0 Å². The number of carbonyl (C=O) groups is 1. The number of rotatable bonds is 8. The summed E-state index contributed by atoms with van der Waals surface area (Å²) in [5, 5.41) is 6.31. The smallest absolute Gasteiger partial charge is 0.223 e. The lowest BCUT2D eigenvalue weighted by molar-refractivity contribution is -0.125. The monoisotopic (exact) mass is 256 g/mol. The maximum atomic E-state index is 11.7. The van der Waals surface area contributed by atoms with Crippen molar-refractivity contribution in [2.45, 2.75) is 52.1 Å². The Morgan fingerprint density at radius 2 is 2.00 bits per heavy atom. The molecule has 1 amide bonds. The van der Waals surface area contributed by atoms with Gasteiger partial charge in [-0.05, 0) is 45.2 Å². The van der Waals surface area contributed by atoms with E-state index < -0.39 is 0 Å². The van der Waals surface area contributed by atoms with Crippen molar-refractivity contribution in [3.05, 3.63) is 0 Å². The minimum Gasteiger partial charge on any atom is -0.378 e. The molecule has 0 spiro atoms. The molecule has 0 radical (unpaired) electrons. The molecule has 18 heavy (non-hydrogen) atoms. The second kappa shape index (κ2) is 9.34. The molecular formula is C14H28N2O2. The van der Waals surface area contributed by atoms with Gasteiger partial charge in [0.25, 0.3) is 0 Å². The first-order valence-electron chi connectivity index (χ1n) is 7.38. The molecule has 0 aromatic carbocycles. The quantitative estimate of drug-likeness (QED) is 0.650. The highest BCUT2D eigenvalue weighted by Gasteiger charge is 2.14. The minimum absolute atomic E-state index is 0.176. The van der Waals surface area contributed by atoms with E-state index in [0.29, 0.717) is 6.10 Å². The van der Waals surface area contributed by atoms with Crippen molar-refractivity contribution in [1.29, 1.82) is 0 Å². The van der Waals surface area contributed by atoms with Crippen molar-refractivity contribution in [1.82, 2.24) is 10.6 Å². The fourth-order valence-corrected chi connectivity index (χ4v) is 2.30. The van der Waals surface area contributed by atoms with Crippen LogP contribution in [0.1, 0.15) is 46.0 Å². The van der Waals surface area contributed by atoms with Gasteiger partial charge in [-0.3, -0.25) is 4.79 Å². The van der Waals surface area contributed by atoms with Gasteiger partial charge in [-0.15, -0.1) is 0 Å². The van der Waals surface area contributed by atoms with E-state index in [9.17, 15) is 4.79 Å². The number of carbonyl (C=O) groups excluding carboxylic acids is 1. The van der Waals surface area contributed by atoms with Crippen LogP contribution in [0.3, 0.4) is 0 Å². The van der Waals surface area contributed by atoms with Crippen molar-refractivity contribution in [2.75, 3.05) is 26.2 Å². The summed E-state index contributed by atoms with van der Waals surface area (Å²) < 4.78 is 5.79. The zero-order valence-electron chi connectivity index (χ0n) is 11.8. The Morgan fingerprint density at radius 3 is 2.61 bits per heavy atom. The lowest BCUT2D eigenvalue weighted by Gasteiger charge is -2.23. The van der Waals surface area contributed by atoms with Crippen LogP contribution in [-0.2, 0) is 9.53 Å². The van der Waals surface area contributed by atoms with Gasteiger partial charge < -0.3 is 15.4 Å². The third kappa shape index (κ3) is 5.83. The van der Waals surface area contributed by atoms with Crippen LogP contribution < -0.4 is 10.6 Å². The first-order chi connectivity index (χ1) is 8.77. The summed E-state index contributed by atoms with van der Waals surface area (Å²) in [4.78, 5) is 11.7. The fourth-order valence-electron chi connectivity index (χ4n) is 2.30. The highest BCUT2D eigenvalue weighted by Crippen LogP contribution is 2.08. The van der Waals surface area contributed by atoms with Gasteiger partial charge in [0.2, 0.25) is 5.91 Å². The van der Waals surface area contributed by atoms with Gasteiger partial charge in [0.15, 0.2) is 0 Å². The maximum Gasteiger partial charge on any atom is 0.223 e. The summed E-state index contributed by atoms with van der Waals surface area (Å²) in [5.74, 6) is 0.372. The van der Waals surface area contributed by atoms with E-state index in [0.717, 1.165) is 58.3 Å². The molecule has 1 heterocycles. The Labute approximate surface area is 111 Å². The van der Waals surface area contributed by atoms with Crippen LogP contribution in [0.4, 0.5) is 0 Å². The van der Waals surface area contributed by atoms with Crippen molar-refractivity contribution >= 4 is 5.91 Å². The molecule has 1 aliphatic rings. The summed E-state index contributed by atoms with van der Waals surface area (Å²) in [6.07, 6.45) is 5.40. The number of hydrogen-bond acceptors (Lipinski definition) is 3. The molecule has 4 nitrogen and oxygen atoms in total. The molecule has 2 N–H and O–H groups in total. The molecule has 0 unspecified atom stereocenters. The van der Waals surface area contributed by atoms with Crippen LogP contribution in [0.25, 0.3) is 0 Å². The van der Waals surface area contributed by atoms with E-state index in [2.05, 4.69) is 24.5 Å². The summed E-state index contributed by atoms with van der Waals surface area (Å²) in [7, 11) is 0. The molecule has 0 saturated carbocycles. The molecular weight excluding hydrogens is 228 g/mol. The lowest BCUT2D eigenvalue weighted by Crippen LogP contribution is -2.34. The third-order valence-corrected chi connectivity index (χ3v) is 3.62. The van der Waals surface area contributed by atoms with E-state index >= 15 is 0 Å². The number of amides is 1. The second-order valence-electron chi connectivity index (χ2n) is 4.98. The summed E-state index contributed by atoms with van der Waals surface area (Å²) in [6, 6.07) is 0. The standard InChI is InChI=1S/C14H28N2O2/c1-3-12(4-2)14(17)16-8-5-11-18-13-6-9-15-10-7-13/h12-13,15H,3-11H2,1-2H3,(H,16,17). The van der Waals surface area contributed by atoms with E-state index in [1.165, 1.54) is 0 Å². The van der Waals surface area contributed by atoms with Gasteiger partial charge in [0.05, 0.1) is 6.10 Å². The number of piperidine rings is 1. The molecule has 1 saturated heterocycles. The molecule has 0 atom stereocenters. The van der Waals surface area contributed by atoms with Crippen molar-refractivity contribution in [3.8, 4) is 0 Å². The molecule has 0 aromatic rings. The normalized spacial score (nSPS) is 17.1. The van der Waals surface area contributed by atoms with E-state index in [1.54, 1.807) is 0 Å². The minimum atomic E-state index is 0.176. The van der Waals surface area contributed by atoms with Crippen molar-refractivity contribution in [3.63, 3.8) is 0 Å². The molecule has 106 valence electrons. The van der Waals surface area contributed by atoms with Crippen LogP contribution in [0, 0.1) is 5.92 Å². The maximum absolute atomic E-state index is 11.7. The Morgan fingerprint density at radius 1 is 1.33 bits per heavy atom. The van der Waals surface area contributed by atoms with Gasteiger partial charge in [0.1, 0.15) is 0 Å². The molecule has 4 heteroatoms. The summed E-state index contributed by atoms with van der Waals surface area (Å²) in [5.41, 5.74) is 0. The van der Waals surface area contributed by atoms with Crippen LogP contribution in [0.2, 0.25) is 0 Å². The topological polar surface area (TPSA) is 50.4 Å². The number of nitrogens with one attached hydrogen (secondary N) is 2. The van der Waals surface area contributed by atoms with E-state index in [-0.39, 0.29) is 11.8 Å². The zero-order valence-corrected chi connectivity index (χ0v) is 11.8.